The number of ketones is 1. The third-order valence-corrected chi connectivity index (χ3v) is 7.44. The van der Waals surface area contributed by atoms with Gasteiger partial charge in [0.25, 0.3) is 0 Å². The van der Waals surface area contributed by atoms with Gasteiger partial charge in [-0.2, -0.15) is 0 Å². The van der Waals surface area contributed by atoms with Gasteiger partial charge in [0, 0.05) is 17.9 Å². The SMILES string of the molecule is C#CCOc1cnc(C(=O)Cc2ccc(F)c([C@@]3(CF)N=C(N)S[C@@]4(COC(C)C)C[C@H]43)c2)cn1. The Hall–Kier alpha value is -3.03. The van der Waals surface area contributed by atoms with Crippen LogP contribution in [0.4, 0.5) is 8.78 Å². The lowest BCUT2D eigenvalue weighted by molar-refractivity contribution is 0.0707. The molecule has 4 rings (SSSR count). The number of ether oxygens (including phenoxy) is 2. The second-order valence-corrected chi connectivity index (χ2v) is 10.4. The summed E-state index contributed by atoms with van der Waals surface area (Å²) < 4.78 is 40.3. The number of hydrogen-bond donors (Lipinski definition) is 1. The number of amidine groups is 1. The highest BCUT2D eigenvalue weighted by Crippen LogP contribution is 2.66. The quantitative estimate of drug-likeness (QED) is 0.394. The molecule has 1 aromatic carbocycles. The molecule has 2 heterocycles. The first kappa shape index (κ1) is 25.1. The number of rotatable bonds is 10. The van der Waals surface area contributed by atoms with Crippen molar-refractivity contribution >= 4 is 22.7 Å². The van der Waals surface area contributed by atoms with E-state index >= 15 is 4.39 Å². The number of hydrogen-bond acceptors (Lipinski definition) is 8. The number of fused-ring (bicyclic) bond motifs is 1. The van der Waals surface area contributed by atoms with Gasteiger partial charge >= 0.3 is 0 Å². The van der Waals surface area contributed by atoms with Crippen molar-refractivity contribution in [1.29, 1.82) is 0 Å². The standard InChI is InChI=1S/C25H26F2N4O3S/c1-4-7-33-22-12-29-19(11-30-22)20(32)9-16-5-6-18(27)17(8-16)25(13-26)21-10-24(21,14-34-15(2)3)35-23(28)31-25/h1,5-6,8,11-12,15,21H,7,9-10,13-14H2,2-3H3,(H2,28,31)/t21-,24-,25-/m1/s1. The second-order valence-electron chi connectivity index (χ2n) is 8.94. The minimum atomic E-state index is -1.46. The van der Waals surface area contributed by atoms with Crippen LogP contribution in [0.1, 0.15) is 41.9 Å². The topological polar surface area (TPSA) is 99.7 Å². The van der Waals surface area contributed by atoms with Crippen LogP contribution in [-0.2, 0) is 16.7 Å². The molecule has 2 N–H and O–H groups in total. The molecule has 0 saturated heterocycles. The van der Waals surface area contributed by atoms with E-state index in [0.29, 0.717) is 18.6 Å². The van der Waals surface area contributed by atoms with Crippen molar-refractivity contribution in [2.45, 2.75) is 43.1 Å². The molecule has 2 aliphatic rings. The van der Waals surface area contributed by atoms with Gasteiger partial charge in [-0.25, -0.2) is 23.7 Å². The van der Waals surface area contributed by atoms with Gasteiger partial charge in [-0.1, -0.05) is 23.7 Å². The molecule has 1 saturated carbocycles. The van der Waals surface area contributed by atoms with Gasteiger partial charge in [0.2, 0.25) is 5.88 Å². The fourth-order valence-corrected chi connectivity index (χ4v) is 5.73. The van der Waals surface area contributed by atoms with E-state index in [4.69, 9.17) is 21.6 Å². The maximum Gasteiger partial charge on any atom is 0.233 e. The molecule has 1 aliphatic carbocycles. The Morgan fingerprint density at radius 3 is 2.83 bits per heavy atom. The van der Waals surface area contributed by atoms with E-state index in [-0.39, 0.29) is 53.1 Å². The van der Waals surface area contributed by atoms with Crippen LogP contribution in [0.3, 0.4) is 0 Å². The van der Waals surface area contributed by atoms with Crippen LogP contribution in [-0.4, -0.2) is 51.7 Å². The minimum Gasteiger partial charge on any atom is -0.463 e. The smallest absolute Gasteiger partial charge is 0.233 e. The van der Waals surface area contributed by atoms with Crippen molar-refractivity contribution in [2.24, 2.45) is 16.6 Å². The number of Topliss-reactive ketones (excluding diaryl/α,β-unsaturated/α-hetero) is 1. The van der Waals surface area contributed by atoms with E-state index in [1.165, 1.54) is 42.4 Å². The summed E-state index contributed by atoms with van der Waals surface area (Å²) in [5, 5.41) is 0.201. The van der Waals surface area contributed by atoms with Crippen molar-refractivity contribution < 1.29 is 23.0 Å². The van der Waals surface area contributed by atoms with Gasteiger partial charge in [0.15, 0.2) is 17.6 Å². The number of benzene rings is 1. The van der Waals surface area contributed by atoms with E-state index in [0.717, 1.165) is 0 Å². The van der Waals surface area contributed by atoms with Crippen LogP contribution in [0, 0.1) is 24.1 Å². The highest BCUT2D eigenvalue weighted by molar-refractivity contribution is 8.15. The number of thioether (sulfide) groups is 1. The average molecular weight is 501 g/mol. The Balaban J connectivity index is 1.58. The fraction of sp³-hybridized carbons (Fsp3) is 0.440. The molecular formula is C25H26F2N4O3S. The van der Waals surface area contributed by atoms with Crippen molar-refractivity contribution in [3.63, 3.8) is 0 Å². The van der Waals surface area contributed by atoms with Crippen LogP contribution in [0.25, 0.3) is 0 Å². The molecule has 0 spiro atoms. The monoisotopic (exact) mass is 500 g/mol. The largest absolute Gasteiger partial charge is 0.463 e. The average Bonchev–Trinajstić information content (AvgIpc) is 3.57. The van der Waals surface area contributed by atoms with Crippen LogP contribution >= 0.6 is 11.8 Å². The minimum absolute atomic E-state index is 0.00165. The van der Waals surface area contributed by atoms with Crippen molar-refractivity contribution in [1.82, 2.24) is 9.97 Å². The van der Waals surface area contributed by atoms with Crippen molar-refractivity contribution in [2.75, 3.05) is 19.9 Å². The van der Waals surface area contributed by atoms with Crippen molar-refractivity contribution in [3.05, 3.63) is 53.2 Å². The Morgan fingerprint density at radius 1 is 1.37 bits per heavy atom. The number of halogens is 2. The number of carbonyl (C=O) groups is 1. The van der Waals surface area contributed by atoms with E-state index in [1.54, 1.807) is 0 Å². The zero-order valence-corrected chi connectivity index (χ0v) is 20.3. The maximum atomic E-state index is 15.1. The summed E-state index contributed by atoms with van der Waals surface area (Å²) in [5.74, 6) is 1.31. The molecule has 1 aromatic heterocycles. The third-order valence-electron chi connectivity index (χ3n) is 6.16. The van der Waals surface area contributed by atoms with Gasteiger partial charge in [0.05, 0.1) is 29.9 Å². The number of alkyl halides is 1. The van der Waals surface area contributed by atoms with Gasteiger partial charge < -0.3 is 15.2 Å². The zero-order valence-electron chi connectivity index (χ0n) is 19.5. The van der Waals surface area contributed by atoms with Gasteiger partial charge in [-0.3, -0.25) is 4.79 Å². The molecule has 0 unspecified atom stereocenters. The number of nitrogens with zero attached hydrogens (tertiary/aromatic N) is 3. The van der Waals surface area contributed by atoms with Crippen LogP contribution in [0.5, 0.6) is 5.88 Å². The number of aromatic nitrogens is 2. The Labute approximate surface area is 206 Å². The van der Waals surface area contributed by atoms with Gasteiger partial charge in [0.1, 0.15) is 23.7 Å². The lowest BCUT2D eigenvalue weighted by atomic mass is 9.83. The molecule has 35 heavy (non-hydrogen) atoms. The predicted octanol–water partition coefficient (Wildman–Crippen LogP) is 3.46. The Kier molecular flexibility index (Phi) is 7.10. The zero-order chi connectivity index (χ0) is 25.2. The summed E-state index contributed by atoms with van der Waals surface area (Å²) in [4.78, 5) is 25.3. The molecule has 10 heteroatoms. The number of aliphatic imine (C=N–C) groups is 1. The second kappa shape index (κ2) is 9.91. The Morgan fingerprint density at radius 2 is 2.17 bits per heavy atom. The highest BCUT2D eigenvalue weighted by Gasteiger charge is 2.68. The number of nitrogens with two attached hydrogens (primary N) is 1. The Bertz CT molecular complexity index is 1180. The summed E-state index contributed by atoms with van der Waals surface area (Å²) in [6.07, 6.45) is 8.26. The summed E-state index contributed by atoms with van der Waals surface area (Å²) in [5.41, 5.74) is 5.35. The van der Waals surface area contributed by atoms with Crippen LogP contribution in [0.2, 0.25) is 0 Å². The van der Waals surface area contributed by atoms with Crippen LogP contribution in [0.15, 0.2) is 35.6 Å². The normalized spacial score (nSPS) is 24.9. The van der Waals surface area contributed by atoms with Gasteiger partial charge in [-0.15, -0.1) is 6.42 Å². The molecule has 3 atom stereocenters. The lowest BCUT2D eigenvalue weighted by Gasteiger charge is -2.35. The van der Waals surface area contributed by atoms with E-state index in [1.807, 2.05) is 13.8 Å². The first-order valence-electron chi connectivity index (χ1n) is 11.2. The molecule has 1 aliphatic heterocycles. The van der Waals surface area contributed by atoms with Crippen LogP contribution < -0.4 is 10.5 Å². The maximum absolute atomic E-state index is 15.1. The lowest BCUT2D eigenvalue weighted by Crippen LogP contribution is -2.41. The summed E-state index contributed by atoms with van der Waals surface area (Å²) in [6.45, 7) is 3.33. The molecule has 184 valence electrons. The third kappa shape index (κ3) is 5.02. The molecule has 0 radical (unpaired) electrons. The van der Waals surface area contributed by atoms with E-state index in [9.17, 15) is 9.18 Å². The van der Waals surface area contributed by atoms with Gasteiger partial charge in [-0.05, 0) is 38.0 Å². The first-order valence-corrected chi connectivity index (χ1v) is 12.0. The molecule has 0 amide bonds. The molecular weight excluding hydrogens is 474 g/mol. The predicted molar refractivity (Wildman–Crippen MR) is 130 cm³/mol. The summed E-state index contributed by atoms with van der Waals surface area (Å²) in [7, 11) is 0. The molecule has 2 aromatic rings. The van der Waals surface area contributed by atoms with E-state index < -0.39 is 22.8 Å². The number of terminal acetylenes is 1. The first-order chi connectivity index (χ1) is 16.7. The summed E-state index contributed by atoms with van der Waals surface area (Å²) >= 11 is 1.36. The molecule has 0 bridgehead atoms. The summed E-state index contributed by atoms with van der Waals surface area (Å²) in [6, 6.07) is 4.23. The number of carbonyl (C=O) groups excluding carboxylic acids is 1. The highest BCUT2D eigenvalue weighted by atomic mass is 32.2. The molecule has 7 nitrogen and oxygen atoms in total. The fourth-order valence-electron chi connectivity index (χ4n) is 4.39. The van der Waals surface area contributed by atoms with E-state index in [2.05, 4.69) is 20.9 Å². The van der Waals surface area contributed by atoms with Crippen molar-refractivity contribution in [3.8, 4) is 18.2 Å². The molecule has 1 fully saturated rings.